The molecule has 0 fully saturated rings. The lowest BCUT2D eigenvalue weighted by Crippen LogP contribution is -2.37. The molecule has 3 rings (SSSR count). The van der Waals surface area contributed by atoms with Gasteiger partial charge in [-0.1, -0.05) is 17.5 Å². The normalized spacial score (nSPS) is 12.9. The van der Waals surface area contributed by atoms with Crippen molar-refractivity contribution >= 4 is 27.1 Å². The van der Waals surface area contributed by atoms with Gasteiger partial charge in [0.15, 0.2) is 5.75 Å². The lowest BCUT2D eigenvalue weighted by Gasteiger charge is -2.22. The predicted molar refractivity (Wildman–Crippen MR) is 119 cm³/mol. The van der Waals surface area contributed by atoms with Gasteiger partial charge >= 0.3 is 0 Å². The van der Waals surface area contributed by atoms with Gasteiger partial charge in [0, 0.05) is 6.54 Å². The number of phenolic OH excluding ortho intramolecular Hbond substituents is 1. The summed E-state index contributed by atoms with van der Waals surface area (Å²) in [5.74, 6) is 0.721. The maximum Gasteiger partial charge on any atom is 0.268 e. The summed E-state index contributed by atoms with van der Waals surface area (Å²) in [4.78, 5) is 28.9. The molecule has 0 spiro atoms. The highest BCUT2D eigenvalue weighted by Crippen LogP contribution is 2.36. The molecule has 11 heteroatoms. The van der Waals surface area contributed by atoms with Gasteiger partial charge in [-0.3, -0.25) is 14.4 Å². The van der Waals surface area contributed by atoms with E-state index in [1.807, 2.05) is 6.92 Å². The van der Waals surface area contributed by atoms with E-state index < -0.39 is 31.5 Å². The third-order valence-electron chi connectivity index (χ3n) is 5.01. The van der Waals surface area contributed by atoms with Gasteiger partial charge in [-0.15, -0.1) is 0 Å². The Morgan fingerprint density at radius 1 is 1.12 bits per heavy atom. The van der Waals surface area contributed by atoms with E-state index in [2.05, 4.69) is 10.6 Å². The molecule has 0 amide bonds. The highest BCUT2D eigenvalue weighted by molar-refractivity contribution is 7.89. The molecule has 0 aliphatic heterocycles. The number of rotatable bonds is 10. The Morgan fingerprint density at radius 2 is 1.81 bits per heavy atom. The summed E-state index contributed by atoms with van der Waals surface area (Å²) in [5, 5.41) is 16.3. The molecule has 1 heterocycles. The number of nitrogens with zero attached hydrogens (tertiary/aromatic N) is 1. The largest absolute Gasteiger partial charge is 0.504 e. The lowest BCUT2D eigenvalue weighted by molar-refractivity contribution is -0.0443. The van der Waals surface area contributed by atoms with Crippen LogP contribution in [0.25, 0.3) is 0 Å². The molecule has 3 aromatic rings. The number of hydrogen-bond donors (Lipinski definition) is 3. The smallest absolute Gasteiger partial charge is 0.268 e. The number of hydrogen-bond acceptors (Lipinski definition) is 9. The van der Waals surface area contributed by atoms with E-state index in [9.17, 15) is 23.1 Å². The summed E-state index contributed by atoms with van der Waals surface area (Å²) in [6.45, 7) is 5.29. The first kappa shape index (κ1) is 23.5. The zero-order valence-electron chi connectivity index (χ0n) is 18.1. The molecule has 0 saturated carbocycles. The lowest BCUT2D eigenvalue weighted by atomic mass is 10.1. The molecule has 1 atom stereocenters. The summed E-state index contributed by atoms with van der Waals surface area (Å²) in [5.41, 5.74) is -1.57. The van der Waals surface area contributed by atoms with E-state index in [4.69, 9.17) is 9.25 Å². The van der Waals surface area contributed by atoms with Crippen LogP contribution in [0, 0.1) is 6.92 Å². The topological polar surface area (TPSA) is 138 Å². The van der Waals surface area contributed by atoms with Crippen LogP contribution in [0.15, 0.2) is 49.2 Å². The second-order valence-electron chi connectivity index (χ2n) is 7.05. The van der Waals surface area contributed by atoms with Crippen LogP contribution in [-0.4, -0.2) is 31.6 Å². The van der Waals surface area contributed by atoms with Gasteiger partial charge in [0.25, 0.3) is 20.9 Å². The van der Waals surface area contributed by atoms with Crippen molar-refractivity contribution in [1.82, 2.24) is 4.47 Å². The van der Waals surface area contributed by atoms with E-state index in [0.717, 1.165) is 0 Å². The van der Waals surface area contributed by atoms with E-state index in [1.165, 1.54) is 25.3 Å². The molecule has 0 radical (unpaired) electrons. The van der Waals surface area contributed by atoms with Crippen LogP contribution in [0.5, 0.6) is 5.75 Å². The summed E-state index contributed by atoms with van der Waals surface area (Å²) < 4.78 is 31.8. The van der Waals surface area contributed by atoms with Crippen molar-refractivity contribution in [3.63, 3.8) is 0 Å². The highest BCUT2D eigenvalue weighted by atomic mass is 32.2. The van der Waals surface area contributed by atoms with Crippen LogP contribution in [0.2, 0.25) is 0 Å². The van der Waals surface area contributed by atoms with E-state index in [-0.39, 0.29) is 29.6 Å². The Hall–Kier alpha value is -3.15. The van der Waals surface area contributed by atoms with E-state index >= 15 is 0 Å². The highest BCUT2D eigenvalue weighted by Gasteiger charge is 2.29. The van der Waals surface area contributed by atoms with E-state index in [1.54, 1.807) is 26.0 Å². The van der Waals surface area contributed by atoms with Crippen molar-refractivity contribution in [2.75, 3.05) is 24.3 Å². The Morgan fingerprint density at radius 3 is 2.38 bits per heavy atom. The summed E-state index contributed by atoms with van der Waals surface area (Å²) in [6, 6.07) is 7.23. The maximum absolute atomic E-state index is 12.7. The monoisotopic (exact) mass is 463 g/mol. The maximum atomic E-state index is 12.7. The van der Waals surface area contributed by atoms with Gasteiger partial charge in [-0.2, -0.15) is 0 Å². The minimum Gasteiger partial charge on any atom is -0.504 e. The molecule has 0 aliphatic rings. The van der Waals surface area contributed by atoms with Gasteiger partial charge in [-0.25, -0.2) is 8.42 Å². The number of aromatic hydroxyl groups is 1. The molecule has 32 heavy (non-hydrogen) atoms. The number of aryl methyl sites for hydroxylation is 1. The van der Waals surface area contributed by atoms with Crippen molar-refractivity contribution in [2.24, 2.45) is 0 Å². The van der Waals surface area contributed by atoms with Crippen LogP contribution in [0.4, 0.5) is 17.1 Å². The van der Waals surface area contributed by atoms with Crippen LogP contribution in [0.1, 0.15) is 37.8 Å². The number of anilines is 3. The first-order valence-electron chi connectivity index (χ1n) is 9.97. The summed E-state index contributed by atoms with van der Waals surface area (Å²) >= 11 is 0. The average Bonchev–Trinajstić information content (AvgIpc) is 3.20. The molecule has 1 aromatic heterocycles. The van der Waals surface area contributed by atoms with Crippen molar-refractivity contribution in [3.05, 3.63) is 62.3 Å². The fourth-order valence-electron chi connectivity index (χ4n) is 3.31. The molecular weight excluding hydrogens is 438 g/mol. The number of benzene rings is 1. The van der Waals surface area contributed by atoms with Crippen molar-refractivity contribution < 1.29 is 22.8 Å². The first-order chi connectivity index (χ1) is 15.1. The van der Waals surface area contributed by atoms with Crippen molar-refractivity contribution in [3.8, 4) is 5.75 Å². The number of phenols is 1. The number of hydroxylamine groups is 1. The number of furan rings is 1. The Bertz CT molecular complexity index is 1290. The third kappa shape index (κ3) is 4.14. The Labute approximate surface area is 185 Å². The van der Waals surface area contributed by atoms with Gasteiger partial charge in [0.05, 0.1) is 18.8 Å². The first-order valence-corrected chi connectivity index (χ1v) is 11.4. The second-order valence-corrected chi connectivity index (χ2v) is 8.84. The molecule has 10 nitrogen and oxygen atoms in total. The number of sulfonamides is 1. The van der Waals surface area contributed by atoms with E-state index in [0.29, 0.717) is 22.4 Å². The molecule has 3 N–H and O–H groups in total. The van der Waals surface area contributed by atoms with Crippen LogP contribution in [0.3, 0.4) is 0 Å². The van der Waals surface area contributed by atoms with Gasteiger partial charge < -0.3 is 20.2 Å². The molecular formula is C21H25N3O7S. The van der Waals surface area contributed by atoms with Gasteiger partial charge in [0.1, 0.15) is 27.8 Å². The molecule has 2 aromatic carbocycles. The fourth-order valence-corrected chi connectivity index (χ4v) is 4.67. The quantitative estimate of drug-likeness (QED) is 0.235. The molecule has 0 bridgehead atoms. The fraction of sp³-hybridized carbons (Fsp3) is 0.333. The summed E-state index contributed by atoms with van der Waals surface area (Å²) in [7, 11) is -2.95. The number of para-hydroxylation sites is 1. The minimum atomic E-state index is -4.15. The molecule has 0 aliphatic carbocycles. The van der Waals surface area contributed by atoms with Crippen LogP contribution in [-0.2, 0) is 14.9 Å². The summed E-state index contributed by atoms with van der Waals surface area (Å²) in [6.07, 6.45) is 0.577. The molecule has 1 unspecified atom stereocenters. The van der Waals surface area contributed by atoms with Gasteiger partial charge in [-0.05, 0) is 44.5 Å². The Kier molecular flexibility index (Phi) is 6.72. The van der Waals surface area contributed by atoms with Crippen LogP contribution >= 0.6 is 0 Å². The average molecular weight is 464 g/mol. The SMILES string of the molecule is CCC(Nc1c(Nc2cccc(S(=O)(=O)N(CC)OC)c2O)c(=O)c1=O)c1ccc(C)o1. The third-order valence-corrected chi connectivity index (χ3v) is 6.84. The zero-order valence-corrected chi connectivity index (χ0v) is 18.9. The standard InChI is InChI=1S/C21H25N3O7S/c1-5-13(15-11-10-12(3)31-15)22-17-18(21(27)20(17)26)23-14-8-7-9-16(19(14)25)32(28,29)24(6-2)30-4/h7-11,13,22-23,25H,5-6H2,1-4H3. The number of nitrogens with one attached hydrogen (secondary N) is 2. The van der Waals surface area contributed by atoms with Crippen molar-refractivity contribution in [1.29, 1.82) is 0 Å². The molecule has 172 valence electrons. The van der Waals surface area contributed by atoms with Crippen molar-refractivity contribution in [2.45, 2.75) is 38.1 Å². The Balaban J connectivity index is 1.94. The molecule has 0 saturated heterocycles. The predicted octanol–water partition coefficient (Wildman–Crippen LogP) is 2.77. The second kappa shape index (κ2) is 9.15. The zero-order chi connectivity index (χ0) is 23.6. The van der Waals surface area contributed by atoms with Gasteiger partial charge in [0.2, 0.25) is 0 Å². The minimum absolute atomic E-state index is 0.0206. The van der Waals surface area contributed by atoms with Crippen LogP contribution < -0.4 is 21.5 Å².